The Kier molecular flexibility index (Phi) is 3.40. The average Bonchev–Trinajstić information content (AvgIpc) is 3.03. The van der Waals surface area contributed by atoms with Crippen molar-refractivity contribution in [2.24, 2.45) is 0 Å². The lowest BCUT2D eigenvalue weighted by atomic mass is 10.2. The number of hydrogen-bond donors (Lipinski definition) is 0. The Balaban J connectivity index is 2.17. The average molecular weight is 279 g/mol. The number of alkyl halides is 1. The van der Waals surface area contributed by atoms with Gasteiger partial charge in [-0.1, -0.05) is 12.8 Å². The normalized spacial score (nSPS) is 18.1. The van der Waals surface area contributed by atoms with E-state index in [2.05, 4.69) is 10.6 Å². The van der Waals surface area contributed by atoms with Crippen molar-refractivity contribution in [1.82, 2.24) is 9.55 Å². The van der Waals surface area contributed by atoms with E-state index in [4.69, 9.17) is 21.3 Å². The van der Waals surface area contributed by atoms with Gasteiger partial charge in [-0.2, -0.15) is 0 Å². The molecule has 0 bridgehead atoms. The van der Waals surface area contributed by atoms with Gasteiger partial charge >= 0.3 is 0 Å². The van der Waals surface area contributed by atoms with Gasteiger partial charge in [-0.15, -0.1) is 11.6 Å². The van der Waals surface area contributed by atoms with Gasteiger partial charge in [-0.25, -0.2) is 4.98 Å². The van der Waals surface area contributed by atoms with Crippen LogP contribution in [0, 0.1) is 0 Å². The van der Waals surface area contributed by atoms with E-state index in [1.54, 1.807) is 7.11 Å². The molecule has 1 aromatic heterocycles. The molecular weight excluding hydrogens is 260 g/mol. The molecular formula is C15H19ClN2O. The van der Waals surface area contributed by atoms with Crippen molar-refractivity contribution in [3.8, 4) is 5.75 Å². The summed E-state index contributed by atoms with van der Waals surface area (Å²) in [4.78, 5) is 4.72. The first-order valence-electron chi connectivity index (χ1n) is 6.90. The van der Waals surface area contributed by atoms with Crippen LogP contribution in [-0.2, 0) is 0 Å². The summed E-state index contributed by atoms with van der Waals surface area (Å²) in [5, 5.41) is -0.0704. The van der Waals surface area contributed by atoms with Crippen LogP contribution in [0.1, 0.15) is 49.9 Å². The second-order valence-corrected chi connectivity index (χ2v) is 5.90. The molecule has 0 N–H and O–H groups in total. The van der Waals surface area contributed by atoms with E-state index in [-0.39, 0.29) is 5.38 Å². The monoisotopic (exact) mass is 278 g/mol. The van der Waals surface area contributed by atoms with E-state index in [1.807, 2.05) is 19.1 Å². The summed E-state index contributed by atoms with van der Waals surface area (Å²) in [5.74, 6) is 1.83. The number of aromatic nitrogens is 2. The van der Waals surface area contributed by atoms with E-state index >= 15 is 0 Å². The van der Waals surface area contributed by atoms with Crippen molar-refractivity contribution in [3.63, 3.8) is 0 Å². The van der Waals surface area contributed by atoms with Crippen molar-refractivity contribution < 1.29 is 4.74 Å². The van der Waals surface area contributed by atoms with Crippen molar-refractivity contribution >= 4 is 22.6 Å². The molecule has 1 aromatic carbocycles. The summed E-state index contributed by atoms with van der Waals surface area (Å²) in [6.07, 6.45) is 5.06. The first kappa shape index (κ1) is 12.8. The molecule has 1 unspecified atom stereocenters. The predicted molar refractivity (Wildman–Crippen MR) is 78.1 cm³/mol. The van der Waals surface area contributed by atoms with Crippen LogP contribution in [-0.4, -0.2) is 16.7 Å². The van der Waals surface area contributed by atoms with Gasteiger partial charge in [0.1, 0.15) is 11.6 Å². The SMILES string of the molecule is COc1ccc2c(c1)nc(C(C)Cl)n2C1CCCC1. The number of methoxy groups -OCH3 is 1. The number of rotatable bonds is 3. The van der Waals surface area contributed by atoms with Crippen molar-refractivity contribution in [2.45, 2.75) is 44.0 Å². The van der Waals surface area contributed by atoms with Crippen LogP contribution in [0.5, 0.6) is 5.75 Å². The summed E-state index contributed by atoms with van der Waals surface area (Å²) < 4.78 is 7.62. The summed E-state index contributed by atoms with van der Waals surface area (Å²) in [6, 6.07) is 6.64. The number of fused-ring (bicyclic) bond motifs is 1. The maximum Gasteiger partial charge on any atom is 0.127 e. The molecule has 2 aromatic rings. The summed E-state index contributed by atoms with van der Waals surface area (Å²) in [7, 11) is 1.68. The summed E-state index contributed by atoms with van der Waals surface area (Å²) >= 11 is 6.32. The van der Waals surface area contributed by atoms with E-state index in [0.29, 0.717) is 6.04 Å². The highest BCUT2D eigenvalue weighted by molar-refractivity contribution is 6.20. The van der Waals surface area contributed by atoms with E-state index < -0.39 is 0 Å². The van der Waals surface area contributed by atoms with E-state index in [1.165, 1.54) is 31.2 Å². The number of benzene rings is 1. The molecule has 102 valence electrons. The van der Waals surface area contributed by atoms with Gasteiger partial charge in [0.15, 0.2) is 0 Å². The minimum atomic E-state index is -0.0704. The fourth-order valence-electron chi connectivity index (χ4n) is 3.05. The second kappa shape index (κ2) is 5.04. The molecule has 0 aliphatic heterocycles. The third-order valence-corrected chi connectivity index (χ3v) is 4.16. The van der Waals surface area contributed by atoms with Gasteiger partial charge < -0.3 is 9.30 Å². The highest BCUT2D eigenvalue weighted by Gasteiger charge is 2.24. The largest absolute Gasteiger partial charge is 0.497 e. The zero-order valence-corrected chi connectivity index (χ0v) is 12.2. The molecule has 1 aliphatic carbocycles. The molecule has 3 rings (SSSR count). The minimum Gasteiger partial charge on any atom is -0.497 e. The highest BCUT2D eigenvalue weighted by Crippen LogP contribution is 2.37. The lowest BCUT2D eigenvalue weighted by Gasteiger charge is -2.17. The van der Waals surface area contributed by atoms with Crippen molar-refractivity contribution in [3.05, 3.63) is 24.0 Å². The Morgan fingerprint density at radius 3 is 2.74 bits per heavy atom. The standard InChI is InChI=1S/C15H19ClN2O/c1-10(16)15-17-13-9-12(19-2)7-8-14(13)18(15)11-5-3-4-6-11/h7-11H,3-6H2,1-2H3. The van der Waals surface area contributed by atoms with Crippen LogP contribution in [0.15, 0.2) is 18.2 Å². The molecule has 1 fully saturated rings. The number of imidazole rings is 1. The van der Waals surface area contributed by atoms with Crippen molar-refractivity contribution in [1.29, 1.82) is 0 Å². The first-order valence-corrected chi connectivity index (χ1v) is 7.34. The molecule has 4 heteroatoms. The fourth-order valence-corrected chi connectivity index (χ4v) is 3.20. The molecule has 1 atom stereocenters. The molecule has 1 heterocycles. The summed E-state index contributed by atoms with van der Waals surface area (Å²) in [6.45, 7) is 1.99. The van der Waals surface area contributed by atoms with Crippen LogP contribution < -0.4 is 4.74 Å². The van der Waals surface area contributed by atoms with E-state index in [9.17, 15) is 0 Å². The van der Waals surface area contributed by atoms with Crippen LogP contribution in [0.2, 0.25) is 0 Å². The molecule has 0 amide bonds. The molecule has 19 heavy (non-hydrogen) atoms. The highest BCUT2D eigenvalue weighted by atomic mass is 35.5. The zero-order valence-electron chi connectivity index (χ0n) is 11.4. The zero-order chi connectivity index (χ0) is 13.4. The molecule has 0 saturated heterocycles. The van der Waals surface area contributed by atoms with Gasteiger partial charge in [0.05, 0.1) is 23.5 Å². The third-order valence-electron chi connectivity index (χ3n) is 3.97. The number of halogens is 1. The smallest absolute Gasteiger partial charge is 0.127 e. The molecule has 0 radical (unpaired) electrons. The summed E-state index contributed by atoms with van der Waals surface area (Å²) in [5.41, 5.74) is 2.16. The molecule has 3 nitrogen and oxygen atoms in total. The third kappa shape index (κ3) is 2.20. The Morgan fingerprint density at radius 2 is 2.11 bits per heavy atom. The van der Waals surface area contributed by atoms with Gasteiger partial charge in [0.2, 0.25) is 0 Å². The maximum absolute atomic E-state index is 6.32. The lowest BCUT2D eigenvalue weighted by molar-refractivity contribution is 0.415. The lowest BCUT2D eigenvalue weighted by Crippen LogP contribution is -2.09. The molecule has 1 saturated carbocycles. The van der Waals surface area contributed by atoms with Crippen LogP contribution in [0.25, 0.3) is 11.0 Å². The Hall–Kier alpha value is -1.22. The fraction of sp³-hybridized carbons (Fsp3) is 0.533. The van der Waals surface area contributed by atoms with Gasteiger partial charge in [-0.05, 0) is 31.9 Å². The number of hydrogen-bond acceptors (Lipinski definition) is 2. The molecule has 1 aliphatic rings. The maximum atomic E-state index is 6.32. The number of nitrogens with zero attached hydrogens (tertiary/aromatic N) is 2. The molecule has 0 spiro atoms. The van der Waals surface area contributed by atoms with Gasteiger partial charge in [0.25, 0.3) is 0 Å². The van der Waals surface area contributed by atoms with Crippen LogP contribution >= 0.6 is 11.6 Å². The van der Waals surface area contributed by atoms with Gasteiger partial charge in [0, 0.05) is 12.1 Å². The first-order chi connectivity index (χ1) is 9.20. The number of ether oxygens (including phenoxy) is 1. The topological polar surface area (TPSA) is 27.1 Å². The second-order valence-electron chi connectivity index (χ2n) is 5.25. The van der Waals surface area contributed by atoms with Gasteiger partial charge in [-0.3, -0.25) is 0 Å². The van der Waals surface area contributed by atoms with Crippen LogP contribution in [0.4, 0.5) is 0 Å². The van der Waals surface area contributed by atoms with Crippen molar-refractivity contribution in [2.75, 3.05) is 7.11 Å². The Morgan fingerprint density at radius 1 is 1.37 bits per heavy atom. The Labute approximate surface area is 118 Å². The predicted octanol–water partition coefficient (Wildman–Crippen LogP) is 4.46. The van der Waals surface area contributed by atoms with E-state index in [0.717, 1.165) is 17.1 Å². The van der Waals surface area contributed by atoms with Crippen LogP contribution in [0.3, 0.4) is 0 Å². The minimum absolute atomic E-state index is 0.0704. The Bertz CT molecular complexity index is 585. The quantitative estimate of drug-likeness (QED) is 0.775.